The second kappa shape index (κ2) is 3.47. The van der Waals surface area contributed by atoms with Gasteiger partial charge in [0.1, 0.15) is 0 Å². The highest BCUT2D eigenvalue weighted by molar-refractivity contribution is 8.13. The van der Waals surface area contributed by atoms with Crippen LogP contribution in [0.2, 0.25) is 0 Å². The molecule has 0 aliphatic heterocycles. The Bertz CT molecular complexity index is 450. The number of carbonyl (C=O) groups excluding carboxylic acids is 1. The van der Waals surface area contributed by atoms with Crippen LogP contribution >= 0.6 is 23.3 Å². The van der Waals surface area contributed by atoms with Crippen LogP contribution in [0.3, 0.4) is 0 Å². The van der Waals surface area contributed by atoms with Crippen LogP contribution < -0.4 is 0 Å². The first kappa shape index (κ1) is 8.72. The van der Waals surface area contributed by atoms with Crippen LogP contribution in [0.5, 0.6) is 0 Å². The van der Waals surface area contributed by atoms with Crippen molar-refractivity contribution in [3.05, 3.63) is 30.0 Å². The molecule has 0 amide bonds. The zero-order valence-electron chi connectivity index (χ0n) is 6.98. The van der Waals surface area contributed by atoms with Crippen LogP contribution in [-0.4, -0.2) is 15.7 Å². The molecule has 2 nitrogen and oxygen atoms in total. The molecule has 1 heterocycles. The molecular weight excluding hydrogens is 202 g/mol. The SMILES string of the molecule is CSC(=O)c1cccc2cnsc12. The fraction of sp³-hybridized carbons (Fsp3) is 0.111. The Balaban J connectivity index is 2.67. The largest absolute Gasteiger partial charge is 0.282 e. The van der Waals surface area contributed by atoms with Gasteiger partial charge < -0.3 is 0 Å². The summed E-state index contributed by atoms with van der Waals surface area (Å²) in [4.78, 5) is 11.5. The molecule has 0 aliphatic carbocycles. The summed E-state index contributed by atoms with van der Waals surface area (Å²) in [5, 5.41) is 1.15. The van der Waals surface area contributed by atoms with Crippen molar-refractivity contribution in [3.8, 4) is 0 Å². The standard InChI is InChI=1S/C9H7NOS2/c1-12-9(11)7-4-2-3-6-5-10-13-8(6)7/h2-5H,1H3. The first-order valence-electron chi connectivity index (χ1n) is 3.74. The van der Waals surface area contributed by atoms with Crippen LogP contribution in [-0.2, 0) is 0 Å². The highest BCUT2D eigenvalue weighted by Gasteiger charge is 2.09. The van der Waals surface area contributed by atoms with E-state index in [4.69, 9.17) is 0 Å². The number of hydrogen-bond donors (Lipinski definition) is 0. The van der Waals surface area contributed by atoms with E-state index in [1.165, 1.54) is 23.3 Å². The van der Waals surface area contributed by atoms with E-state index in [-0.39, 0.29) is 5.12 Å². The molecule has 4 heteroatoms. The predicted molar refractivity (Wildman–Crippen MR) is 57.5 cm³/mol. The topological polar surface area (TPSA) is 30.0 Å². The van der Waals surface area contributed by atoms with Crippen LogP contribution in [0.15, 0.2) is 24.4 Å². The molecule has 1 aromatic carbocycles. The lowest BCUT2D eigenvalue weighted by Crippen LogP contribution is -1.90. The van der Waals surface area contributed by atoms with Crippen LogP contribution in [0.1, 0.15) is 10.4 Å². The highest BCUT2D eigenvalue weighted by atomic mass is 32.2. The molecule has 0 N–H and O–H groups in total. The van der Waals surface area contributed by atoms with Crippen molar-refractivity contribution in [2.45, 2.75) is 0 Å². The molecule has 66 valence electrons. The second-order valence-electron chi connectivity index (χ2n) is 2.54. The Hall–Kier alpha value is -0.870. The summed E-state index contributed by atoms with van der Waals surface area (Å²) in [6, 6.07) is 5.70. The quantitative estimate of drug-likeness (QED) is 0.723. The van der Waals surface area contributed by atoms with Gasteiger partial charge in [-0.25, -0.2) is 0 Å². The third-order valence-electron chi connectivity index (χ3n) is 1.79. The van der Waals surface area contributed by atoms with Gasteiger partial charge in [0.2, 0.25) is 5.12 Å². The molecule has 1 aromatic heterocycles. The maximum atomic E-state index is 11.5. The molecule has 0 saturated heterocycles. The molecule has 0 bridgehead atoms. The molecule has 0 fully saturated rings. The monoisotopic (exact) mass is 209 g/mol. The lowest BCUT2D eigenvalue weighted by Gasteiger charge is -1.97. The summed E-state index contributed by atoms with van der Waals surface area (Å²) in [5.41, 5.74) is 0.771. The molecular formula is C9H7NOS2. The molecule has 13 heavy (non-hydrogen) atoms. The lowest BCUT2D eigenvalue weighted by atomic mass is 10.2. The van der Waals surface area contributed by atoms with E-state index in [1.807, 2.05) is 18.2 Å². The molecule has 0 spiro atoms. The number of fused-ring (bicyclic) bond motifs is 1. The Kier molecular flexibility index (Phi) is 2.33. The zero-order chi connectivity index (χ0) is 9.26. The molecule has 2 aromatic rings. The number of nitrogens with zero attached hydrogens (tertiary/aromatic N) is 1. The van der Waals surface area contributed by atoms with Crippen molar-refractivity contribution in [2.75, 3.05) is 6.26 Å². The van der Waals surface area contributed by atoms with Crippen molar-refractivity contribution >= 4 is 38.5 Å². The Morgan fingerprint density at radius 1 is 1.54 bits per heavy atom. The summed E-state index contributed by atoms with van der Waals surface area (Å²) in [7, 11) is 0. The molecule has 0 atom stereocenters. The third kappa shape index (κ3) is 1.47. The van der Waals surface area contributed by atoms with Crippen molar-refractivity contribution in [2.24, 2.45) is 0 Å². The summed E-state index contributed by atoms with van der Waals surface area (Å²) < 4.78 is 5.05. The maximum absolute atomic E-state index is 11.5. The summed E-state index contributed by atoms with van der Waals surface area (Å²) in [5.74, 6) is 0. The second-order valence-corrected chi connectivity index (χ2v) is 4.12. The van der Waals surface area contributed by atoms with Crippen LogP contribution in [0.4, 0.5) is 0 Å². The number of thioether (sulfide) groups is 1. The van der Waals surface area contributed by atoms with Crippen LogP contribution in [0, 0.1) is 0 Å². The van der Waals surface area contributed by atoms with E-state index < -0.39 is 0 Å². The van der Waals surface area contributed by atoms with Crippen molar-refractivity contribution < 1.29 is 4.79 Å². The van der Waals surface area contributed by atoms with E-state index in [0.717, 1.165) is 15.6 Å². The van der Waals surface area contributed by atoms with E-state index >= 15 is 0 Å². The van der Waals surface area contributed by atoms with Gasteiger partial charge in [0.05, 0.1) is 4.70 Å². The Morgan fingerprint density at radius 3 is 3.15 bits per heavy atom. The zero-order valence-corrected chi connectivity index (χ0v) is 8.61. The van der Waals surface area contributed by atoms with Crippen molar-refractivity contribution in [1.82, 2.24) is 4.37 Å². The fourth-order valence-electron chi connectivity index (χ4n) is 1.16. The lowest BCUT2D eigenvalue weighted by molar-refractivity contribution is 0.109. The van der Waals surface area contributed by atoms with Gasteiger partial charge >= 0.3 is 0 Å². The summed E-state index contributed by atoms with van der Waals surface area (Å²) >= 11 is 2.61. The van der Waals surface area contributed by atoms with Gasteiger partial charge in [-0.15, -0.1) is 0 Å². The van der Waals surface area contributed by atoms with Gasteiger partial charge in [-0.2, -0.15) is 4.37 Å². The average molecular weight is 209 g/mol. The Labute approximate surface area is 84.1 Å². The number of carbonyl (C=O) groups is 1. The minimum Gasteiger partial charge on any atom is -0.282 e. The number of hydrogen-bond acceptors (Lipinski definition) is 4. The Morgan fingerprint density at radius 2 is 2.38 bits per heavy atom. The third-order valence-corrected chi connectivity index (χ3v) is 3.23. The molecule has 0 unspecified atom stereocenters. The number of aromatic nitrogens is 1. The minimum absolute atomic E-state index is 0.106. The first-order chi connectivity index (χ1) is 6.33. The van der Waals surface area contributed by atoms with Gasteiger partial charge in [-0.1, -0.05) is 23.9 Å². The molecule has 0 saturated carbocycles. The van der Waals surface area contributed by atoms with Crippen molar-refractivity contribution in [3.63, 3.8) is 0 Å². The predicted octanol–water partition coefficient (Wildman–Crippen LogP) is 2.80. The fourth-order valence-corrected chi connectivity index (χ4v) is 2.38. The number of benzene rings is 1. The minimum atomic E-state index is 0.106. The summed E-state index contributed by atoms with van der Waals surface area (Å²) in [6.45, 7) is 0. The highest BCUT2D eigenvalue weighted by Crippen LogP contribution is 2.24. The van der Waals surface area contributed by atoms with Gasteiger partial charge in [0, 0.05) is 17.1 Å². The van der Waals surface area contributed by atoms with Gasteiger partial charge in [-0.3, -0.25) is 4.79 Å². The average Bonchev–Trinajstić information content (AvgIpc) is 2.63. The maximum Gasteiger partial charge on any atom is 0.220 e. The van der Waals surface area contributed by atoms with Gasteiger partial charge in [0.25, 0.3) is 0 Å². The van der Waals surface area contributed by atoms with Gasteiger partial charge in [-0.05, 0) is 23.9 Å². The first-order valence-corrected chi connectivity index (χ1v) is 5.74. The summed E-state index contributed by atoms with van der Waals surface area (Å²) in [6.07, 6.45) is 3.58. The normalized spacial score (nSPS) is 10.5. The smallest absolute Gasteiger partial charge is 0.220 e. The van der Waals surface area contributed by atoms with E-state index in [0.29, 0.717) is 0 Å². The van der Waals surface area contributed by atoms with Gasteiger partial charge in [0.15, 0.2) is 0 Å². The van der Waals surface area contributed by atoms with E-state index in [1.54, 1.807) is 12.5 Å². The molecule has 0 aliphatic rings. The molecule has 2 rings (SSSR count). The molecule has 0 radical (unpaired) electrons. The van der Waals surface area contributed by atoms with Crippen molar-refractivity contribution in [1.29, 1.82) is 0 Å². The van der Waals surface area contributed by atoms with E-state index in [2.05, 4.69) is 4.37 Å². The number of rotatable bonds is 1. The van der Waals surface area contributed by atoms with Crippen LogP contribution in [0.25, 0.3) is 10.1 Å². The van der Waals surface area contributed by atoms with E-state index in [9.17, 15) is 4.79 Å².